The molecule has 1 aliphatic carbocycles. The van der Waals surface area contributed by atoms with Crippen LogP contribution in [0.25, 0.3) is 10.9 Å². The predicted octanol–water partition coefficient (Wildman–Crippen LogP) is 4.00. The highest BCUT2D eigenvalue weighted by atomic mass is 16.5. The summed E-state index contributed by atoms with van der Waals surface area (Å²) in [7, 11) is 0. The number of nitrogens with one attached hydrogen (secondary N) is 1. The van der Waals surface area contributed by atoms with Gasteiger partial charge in [-0.15, -0.1) is 5.10 Å². The molecule has 2 fully saturated rings. The van der Waals surface area contributed by atoms with Crippen molar-refractivity contribution < 1.29 is 4.74 Å². The highest BCUT2D eigenvalue weighted by molar-refractivity contribution is 5.79. The third-order valence-electron chi connectivity index (χ3n) is 8.04. The molecule has 0 spiro atoms. The predicted molar refractivity (Wildman–Crippen MR) is 145 cm³/mol. The van der Waals surface area contributed by atoms with E-state index in [2.05, 4.69) is 61.0 Å². The Morgan fingerprint density at radius 3 is 2.76 bits per heavy atom. The Morgan fingerprint density at radius 1 is 1.16 bits per heavy atom. The lowest BCUT2D eigenvalue weighted by Crippen LogP contribution is -2.39. The van der Waals surface area contributed by atoms with Gasteiger partial charge in [0.25, 0.3) is 5.56 Å². The molecular weight excluding hydrogens is 466 g/mol. The first-order valence-electron chi connectivity index (χ1n) is 14.1. The number of tetrazole rings is 1. The van der Waals surface area contributed by atoms with E-state index in [0.717, 1.165) is 87.4 Å². The van der Waals surface area contributed by atoms with Gasteiger partial charge in [0, 0.05) is 37.3 Å². The smallest absolute Gasteiger partial charge is 0.252 e. The molecule has 3 heterocycles. The number of H-pyrrole nitrogens is 1. The number of morpholine rings is 1. The zero-order chi connectivity index (χ0) is 25.6. The number of fused-ring (bicyclic) bond motifs is 1. The van der Waals surface area contributed by atoms with Gasteiger partial charge in [-0.25, -0.2) is 4.68 Å². The molecule has 0 radical (unpaired) electrons. The number of hydrogen-bond donors (Lipinski definition) is 1. The Hall–Kier alpha value is -2.62. The van der Waals surface area contributed by atoms with Crippen LogP contribution in [0.15, 0.2) is 29.1 Å². The maximum absolute atomic E-state index is 13.1. The van der Waals surface area contributed by atoms with Crippen molar-refractivity contribution in [1.82, 2.24) is 35.0 Å². The fourth-order valence-electron chi connectivity index (χ4n) is 5.98. The second-order valence-corrected chi connectivity index (χ2v) is 10.7. The molecule has 1 atom stereocenters. The second kappa shape index (κ2) is 12.3. The summed E-state index contributed by atoms with van der Waals surface area (Å²) in [6, 6.07) is 8.65. The molecule has 0 amide bonds. The number of pyridine rings is 1. The number of aromatic nitrogens is 5. The van der Waals surface area contributed by atoms with Gasteiger partial charge in [-0.2, -0.15) is 0 Å². The minimum atomic E-state index is -0.0174. The maximum atomic E-state index is 13.1. The minimum absolute atomic E-state index is 0.0174. The monoisotopic (exact) mass is 507 g/mol. The van der Waals surface area contributed by atoms with Gasteiger partial charge in [0.2, 0.25) is 0 Å². The van der Waals surface area contributed by atoms with Crippen LogP contribution < -0.4 is 5.56 Å². The van der Waals surface area contributed by atoms with Crippen molar-refractivity contribution in [2.75, 3.05) is 39.4 Å². The van der Waals surface area contributed by atoms with Crippen molar-refractivity contribution in [3.05, 3.63) is 51.6 Å². The molecule has 1 aromatic carbocycles. The molecule has 5 rings (SSSR count). The summed E-state index contributed by atoms with van der Waals surface area (Å²) in [6.07, 6.45) is 7.93. The Balaban J connectivity index is 1.41. The van der Waals surface area contributed by atoms with E-state index in [1.807, 2.05) is 12.1 Å². The van der Waals surface area contributed by atoms with Crippen molar-refractivity contribution >= 4 is 10.9 Å². The van der Waals surface area contributed by atoms with Crippen LogP contribution in [0.4, 0.5) is 0 Å². The molecule has 37 heavy (non-hydrogen) atoms. The molecule has 1 saturated heterocycles. The zero-order valence-corrected chi connectivity index (χ0v) is 22.4. The highest BCUT2D eigenvalue weighted by Gasteiger charge is 2.29. The number of ether oxygens (including phenoxy) is 1. The lowest BCUT2D eigenvalue weighted by molar-refractivity contribution is 0.0348. The normalized spacial score (nSPS) is 18.6. The van der Waals surface area contributed by atoms with E-state index in [1.54, 1.807) is 0 Å². The molecule has 1 saturated carbocycles. The summed E-state index contributed by atoms with van der Waals surface area (Å²) in [5.41, 5.74) is 2.84. The molecule has 1 N–H and O–H groups in total. The fraction of sp³-hybridized carbons (Fsp3) is 0.643. The average molecular weight is 508 g/mol. The van der Waals surface area contributed by atoms with Gasteiger partial charge < -0.3 is 9.72 Å². The molecule has 0 bridgehead atoms. The minimum Gasteiger partial charge on any atom is -0.379 e. The van der Waals surface area contributed by atoms with E-state index in [4.69, 9.17) is 4.74 Å². The highest BCUT2D eigenvalue weighted by Crippen LogP contribution is 2.32. The molecular formula is C28H41N7O2. The van der Waals surface area contributed by atoms with Crippen molar-refractivity contribution in [3.8, 4) is 0 Å². The van der Waals surface area contributed by atoms with E-state index >= 15 is 0 Å². The Labute approximate surface area is 219 Å². The Bertz CT molecular complexity index is 1210. The average Bonchev–Trinajstić information content (AvgIpc) is 3.40. The van der Waals surface area contributed by atoms with Gasteiger partial charge in [0.15, 0.2) is 5.82 Å². The summed E-state index contributed by atoms with van der Waals surface area (Å²) in [5.74, 6) is 0.939. The quantitative estimate of drug-likeness (QED) is 0.443. The molecule has 3 aromatic rings. The van der Waals surface area contributed by atoms with Crippen molar-refractivity contribution in [2.45, 2.75) is 77.4 Å². The van der Waals surface area contributed by atoms with Crippen molar-refractivity contribution in [1.29, 1.82) is 0 Å². The zero-order valence-electron chi connectivity index (χ0n) is 22.4. The number of aryl methyl sites for hydroxylation is 1. The molecule has 2 aromatic heterocycles. The Kier molecular flexibility index (Phi) is 8.63. The largest absolute Gasteiger partial charge is 0.379 e. The van der Waals surface area contributed by atoms with E-state index < -0.39 is 0 Å². The van der Waals surface area contributed by atoms with Crippen LogP contribution in [0.5, 0.6) is 0 Å². The van der Waals surface area contributed by atoms with Crippen LogP contribution in [-0.2, 0) is 11.3 Å². The molecule has 2 aliphatic rings. The summed E-state index contributed by atoms with van der Waals surface area (Å²) in [5, 5.41) is 14.2. The first-order chi connectivity index (χ1) is 18.1. The summed E-state index contributed by atoms with van der Waals surface area (Å²) in [4.78, 5) is 21.1. The number of benzene rings is 1. The van der Waals surface area contributed by atoms with Crippen molar-refractivity contribution in [3.63, 3.8) is 0 Å². The molecule has 0 unspecified atom stereocenters. The summed E-state index contributed by atoms with van der Waals surface area (Å²) in [6.45, 7) is 10.3. The third-order valence-corrected chi connectivity index (χ3v) is 8.04. The van der Waals surface area contributed by atoms with Gasteiger partial charge in [0.1, 0.15) is 0 Å². The maximum Gasteiger partial charge on any atom is 0.252 e. The molecule has 1 aliphatic heterocycles. The molecule has 200 valence electrons. The first kappa shape index (κ1) is 26.0. The topological polar surface area (TPSA) is 92.2 Å². The number of nitrogens with zero attached hydrogens (tertiary/aromatic N) is 6. The third kappa shape index (κ3) is 6.27. The van der Waals surface area contributed by atoms with Crippen LogP contribution in [0, 0.1) is 6.92 Å². The SMILES string of the molecule is CC[C@H](c1nnnn1C1CCCCC1)N(CCCN1CCOCC1)Cc1cc2cc(C)ccc2[nH]c1=O. The van der Waals surface area contributed by atoms with E-state index in [9.17, 15) is 4.79 Å². The number of rotatable bonds is 10. The molecule has 9 nitrogen and oxygen atoms in total. The van der Waals surface area contributed by atoms with Crippen molar-refractivity contribution in [2.24, 2.45) is 0 Å². The Morgan fingerprint density at radius 2 is 1.97 bits per heavy atom. The number of hydrogen-bond acceptors (Lipinski definition) is 7. The van der Waals surface area contributed by atoms with Crippen LogP contribution in [0.1, 0.15) is 80.9 Å². The lowest BCUT2D eigenvalue weighted by Gasteiger charge is -2.33. The lowest BCUT2D eigenvalue weighted by atomic mass is 9.95. The first-order valence-corrected chi connectivity index (χ1v) is 14.1. The van der Waals surface area contributed by atoms with E-state index in [1.165, 1.54) is 24.8 Å². The van der Waals surface area contributed by atoms with Gasteiger partial charge in [0.05, 0.1) is 25.3 Å². The van der Waals surface area contributed by atoms with Crippen LogP contribution in [0.2, 0.25) is 0 Å². The van der Waals surface area contributed by atoms with Crippen LogP contribution in [0.3, 0.4) is 0 Å². The van der Waals surface area contributed by atoms with E-state index in [0.29, 0.717) is 12.6 Å². The van der Waals surface area contributed by atoms with Gasteiger partial charge in [-0.3, -0.25) is 14.6 Å². The van der Waals surface area contributed by atoms with Gasteiger partial charge in [-0.1, -0.05) is 37.8 Å². The summed E-state index contributed by atoms with van der Waals surface area (Å²) >= 11 is 0. The van der Waals surface area contributed by atoms with Crippen LogP contribution in [-0.4, -0.2) is 74.4 Å². The number of aromatic amines is 1. The van der Waals surface area contributed by atoms with Gasteiger partial charge >= 0.3 is 0 Å². The fourth-order valence-corrected chi connectivity index (χ4v) is 5.98. The standard InChI is InChI=1S/C28H41N7O2/c1-3-26(27-30-31-32-35(27)24-8-5-4-6-9-24)34(13-7-12-33-14-16-37-17-15-33)20-23-19-22-18-21(2)10-11-25(22)29-28(23)36/h10-11,18-19,24,26H,3-9,12-17,20H2,1-2H3,(H,29,36)/t26-/m1/s1. The van der Waals surface area contributed by atoms with Gasteiger partial charge in [-0.05, 0) is 73.2 Å². The molecule has 9 heteroatoms. The second-order valence-electron chi connectivity index (χ2n) is 10.7. The summed E-state index contributed by atoms with van der Waals surface area (Å²) < 4.78 is 7.62. The van der Waals surface area contributed by atoms with Crippen LogP contribution >= 0.6 is 0 Å². The van der Waals surface area contributed by atoms with E-state index in [-0.39, 0.29) is 11.6 Å².